The molecule has 28 heavy (non-hydrogen) atoms. The van der Waals surface area contributed by atoms with E-state index in [0.29, 0.717) is 29.2 Å². The molecule has 2 N–H and O–H groups in total. The van der Waals surface area contributed by atoms with Crippen molar-refractivity contribution in [3.05, 3.63) is 47.7 Å². The van der Waals surface area contributed by atoms with Crippen LogP contribution >= 0.6 is 11.6 Å². The summed E-state index contributed by atoms with van der Waals surface area (Å²) in [5.41, 5.74) is 0.420. The van der Waals surface area contributed by atoms with Crippen molar-refractivity contribution in [2.75, 3.05) is 11.9 Å². The zero-order valence-electron chi connectivity index (χ0n) is 15.3. The molecule has 0 unspecified atom stereocenters. The first-order valence-electron chi connectivity index (χ1n) is 9.35. The lowest BCUT2D eigenvalue weighted by atomic mass is 9.82. The van der Waals surface area contributed by atoms with E-state index in [1.807, 2.05) is 29.1 Å². The first-order chi connectivity index (χ1) is 13.5. The second kappa shape index (κ2) is 7.31. The molecule has 1 aliphatic heterocycles. The third-order valence-electron chi connectivity index (χ3n) is 5.37. The van der Waals surface area contributed by atoms with Crippen LogP contribution in [0.4, 0.5) is 10.5 Å². The second-order valence-corrected chi connectivity index (χ2v) is 7.70. The maximum atomic E-state index is 12.8. The minimum atomic E-state index is -0.827. The zero-order valence-corrected chi connectivity index (χ0v) is 16.0. The van der Waals surface area contributed by atoms with Crippen LogP contribution in [0.2, 0.25) is 5.02 Å². The molecular formula is C20H21ClN4O3. The molecule has 1 aromatic carbocycles. The maximum absolute atomic E-state index is 12.8. The van der Waals surface area contributed by atoms with Gasteiger partial charge in [-0.3, -0.25) is 14.5 Å². The number of hydrogen-bond acceptors (Lipinski definition) is 3. The number of nitrogens with zero attached hydrogens (tertiary/aromatic N) is 2. The number of halogens is 1. The summed E-state index contributed by atoms with van der Waals surface area (Å²) >= 11 is 6.10. The third kappa shape index (κ3) is 3.38. The molecular weight excluding hydrogens is 380 g/mol. The van der Waals surface area contributed by atoms with Crippen molar-refractivity contribution in [3.63, 3.8) is 0 Å². The molecule has 1 aromatic heterocycles. The lowest BCUT2D eigenvalue weighted by Gasteiger charge is -2.30. The van der Waals surface area contributed by atoms with Gasteiger partial charge in [-0.1, -0.05) is 30.9 Å². The number of amides is 4. The van der Waals surface area contributed by atoms with E-state index in [1.165, 1.54) is 0 Å². The number of anilines is 1. The molecule has 4 amide bonds. The average molecular weight is 401 g/mol. The molecule has 1 saturated carbocycles. The first-order valence-corrected chi connectivity index (χ1v) is 9.73. The van der Waals surface area contributed by atoms with E-state index in [2.05, 4.69) is 10.6 Å². The van der Waals surface area contributed by atoms with Crippen LogP contribution in [0.25, 0.3) is 5.69 Å². The standard InChI is InChI=1S/C20H21ClN4O3/c21-14-6-7-15(16(12-14)24-10-4-5-11-24)22-17(26)13-25-18(27)20(23-19(25)28)8-2-1-3-9-20/h4-7,10-12H,1-3,8-9,13H2,(H,22,26)(H,23,28). The van der Waals surface area contributed by atoms with E-state index in [4.69, 9.17) is 11.6 Å². The molecule has 2 aromatic rings. The smallest absolute Gasteiger partial charge is 0.323 e. The Morgan fingerprint density at radius 3 is 2.57 bits per heavy atom. The summed E-state index contributed by atoms with van der Waals surface area (Å²) in [6.45, 7) is -0.319. The van der Waals surface area contributed by atoms with E-state index < -0.39 is 17.5 Å². The lowest BCUT2D eigenvalue weighted by molar-refractivity contribution is -0.134. The van der Waals surface area contributed by atoms with Crippen molar-refractivity contribution in [1.82, 2.24) is 14.8 Å². The Morgan fingerprint density at radius 1 is 1.14 bits per heavy atom. The SMILES string of the molecule is O=C(CN1C(=O)NC2(CCCCC2)C1=O)Nc1ccc(Cl)cc1-n1cccc1. The summed E-state index contributed by atoms with van der Waals surface area (Å²) in [6.07, 6.45) is 7.80. The van der Waals surface area contributed by atoms with Crippen molar-refractivity contribution in [1.29, 1.82) is 0 Å². The van der Waals surface area contributed by atoms with Crippen LogP contribution in [0.1, 0.15) is 32.1 Å². The normalized spacial score (nSPS) is 18.4. The summed E-state index contributed by atoms with van der Waals surface area (Å²) in [5, 5.41) is 6.15. The van der Waals surface area contributed by atoms with E-state index in [-0.39, 0.29) is 12.5 Å². The monoisotopic (exact) mass is 400 g/mol. The van der Waals surface area contributed by atoms with Gasteiger partial charge in [-0.15, -0.1) is 0 Å². The first kappa shape index (κ1) is 18.6. The molecule has 0 radical (unpaired) electrons. The van der Waals surface area contributed by atoms with Gasteiger partial charge in [0.05, 0.1) is 11.4 Å². The highest BCUT2D eigenvalue weighted by molar-refractivity contribution is 6.31. The molecule has 2 heterocycles. The van der Waals surface area contributed by atoms with Crippen molar-refractivity contribution >= 4 is 35.1 Å². The number of benzene rings is 1. The molecule has 7 nitrogen and oxygen atoms in total. The van der Waals surface area contributed by atoms with Crippen LogP contribution in [-0.2, 0) is 9.59 Å². The number of carbonyl (C=O) groups excluding carboxylic acids is 3. The lowest BCUT2D eigenvalue weighted by Crippen LogP contribution is -2.48. The molecule has 1 saturated heterocycles. The van der Waals surface area contributed by atoms with Gasteiger partial charge in [-0.25, -0.2) is 4.79 Å². The van der Waals surface area contributed by atoms with Gasteiger partial charge in [0, 0.05) is 17.4 Å². The number of nitrogens with one attached hydrogen (secondary N) is 2. The fourth-order valence-corrected chi connectivity index (χ4v) is 4.13. The number of carbonyl (C=O) groups is 3. The van der Waals surface area contributed by atoms with Gasteiger partial charge in [0.15, 0.2) is 0 Å². The van der Waals surface area contributed by atoms with E-state index >= 15 is 0 Å². The molecule has 0 bridgehead atoms. The Hall–Kier alpha value is -2.80. The number of rotatable bonds is 4. The van der Waals surface area contributed by atoms with Gasteiger partial charge in [-0.2, -0.15) is 0 Å². The van der Waals surface area contributed by atoms with E-state index in [1.54, 1.807) is 18.2 Å². The molecule has 146 valence electrons. The minimum absolute atomic E-state index is 0.297. The molecule has 1 aliphatic carbocycles. The predicted molar refractivity (Wildman–Crippen MR) is 105 cm³/mol. The largest absolute Gasteiger partial charge is 0.325 e. The second-order valence-electron chi connectivity index (χ2n) is 7.26. The van der Waals surface area contributed by atoms with Crippen LogP contribution in [0, 0.1) is 0 Å². The van der Waals surface area contributed by atoms with Crippen LogP contribution < -0.4 is 10.6 Å². The number of aromatic nitrogens is 1. The van der Waals surface area contributed by atoms with Crippen molar-refractivity contribution in [3.8, 4) is 5.69 Å². The number of imide groups is 1. The van der Waals surface area contributed by atoms with Crippen LogP contribution in [-0.4, -0.2) is 39.4 Å². The summed E-state index contributed by atoms with van der Waals surface area (Å²) in [4.78, 5) is 38.8. The van der Waals surface area contributed by atoms with E-state index in [9.17, 15) is 14.4 Å². The molecule has 8 heteroatoms. The molecule has 4 rings (SSSR count). The fraction of sp³-hybridized carbons (Fsp3) is 0.350. The van der Waals surface area contributed by atoms with Gasteiger partial charge in [-0.05, 0) is 43.2 Å². The summed E-state index contributed by atoms with van der Waals surface area (Å²) in [5.74, 6) is -0.735. The Bertz CT molecular complexity index is 920. The average Bonchev–Trinajstić information content (AvgIpc) is 3.28. The highest BCUT2D eigenvalue weighted by Crippen LogP contribution is 2.33. The highest BCUT2D eigenvalue weighted by atomic mass is 35.5. The maximum Gasteiger partial charge on any atom is 0.325 e. The summed E-state index contributed by atoms with van der Waals surface area (Å²) < 4.78 is 1.83. The van der Waals surface area contributed by atoms with Crippen molar-refractivity contribution in [2.24, 2.45) is 0 Å². The van der Waals surface area contributed by atoms with Gasteiger partial charge in [0.1, 0.15) is 12.1 Å². The molecule has 1 spiro atoms. The Balaban J connectivity index is 1.50. The molecule has 0 atom stereocenters. The van der Waals surface area contributed by atoms with Crippen LogP contribution in [0.3, 0.4) is 0 Å². The fourth-order valence-electron chi connectivity index (χ4n) is 3.97. The Kier molecular flexibility index (Phi) is 4.85. The van der Waals surface area contributed by atoms with Crippen LogP contribution in [0.5, 0.6) is 0 Å². The van der Waals surface area contributed by atoms with Crippen LogP contribution in [0.15, 0.2) is 42.7 Å². The molecule has 2 fully saturated rings. The van der Waals surface area contributed by atoms with Crippen molar-refractivity contribution < 1.29 is 14.4 Å². The van der Waals surface area contributed by atoms with Gasteiger partial charge in [0.25, 0.3) is 5.91 Å². The third-order valence-corrected chi connectivity index (χ3v) is 5.61. The number of urea groups is 1. The zero-order chi connectivity index (χ0) is 19.7. The van der Waals surface area contributed by atoms with Gasteiger partial charge >= 0.3 is 6.03 Å². The topological polar surface area (TPSA) is 83.4 Å². The minimum Gasteiger partial charge on any atom is -0.323 e. The highest BCUT2D eigenvalue weighted by Gasteiger charge is 2.51. The van der Waals surface area contributed by atoms with Gasteiger partial charge < -0.3 is 15.2 Å². The Labute approximate surface area is 167 Å². The van der Waals surface area contributed by atoms with Crippen molar-refractivity contribution in [2.45, 2.75) is 37.6 Å². The van der Waals surface area contributed by atoms with Gasteiger partial charge in [0.2, 0.25) is 5.91 Å². The Morgan fingerprint density at radius 2 is 1.86 bits per heavy atom. The summed E-state index contributed by atoms with van der Waals surface area (Å²) in [6, 6.07) is 8.34. The van der Waals surface area contributed by atoms with E-state index in [0.717, 1.165) is 24.2 Å². The number of hydrogen-bond donors (Lipinski definition) is 2. The molecule has 2 aliphatic rings. The summed E-state index contributed by atoms with van der Waals surface area (Å²) in [7, 11) is 0. The quantitative estimate of drug-likeness (QED) is 0.772. The predicted octanol–water partition coefficient (Wildman–Crippen LogP) is 3.32.